The van der Waals surface area contributed by atoms with E-state index in [1.165, 1.54) is 0 Å². The Morgan fingerprint density at radius 3 is 2.54 bits per heavy atom. The topological polar surface area (TPSA) is 46.2 Å². The van der Waals surface area contributed by atoms with Crippen LogP contribution in [0.1, 0.15) is 31.4 Å². The molecule has 0 aromatic heterocycles. The van der Waals surface area contributed by atoms with E-state index in [1.807, 2.05) is 19.9 Å². The summed E-state index contributed by atoms with van der Waals surface area (Å²) in [5.41, 5.74) is 7.97. The largest absolute Gasteiger partial charge is 0.508 e. The molecule has 0 aliphatic heterocycles. The summed E-state index contributed by atoms with van der Waals surface area (Å²) >= 11 is 0. The standard InChI is InChI=1S/C11H17NO/c1-4-11(3,12)10-6-5-9(13)7-8(10)2/h5-7,13H,4,12H2,1-3H3/t11-/m0/s1. The SMILES string of the molecule is CC[C@](C)(N)c1ccc(O)cc1C. The van der Waals surface area contributed by atoms with Crippen molar-refractivity contribution in [2.45, 2.75) is 32.7 Å². The van der Waals surface area contributed by atoms with E-state index in [1.54, 1.807) is 12.1 Å². The van der Waals surface area contributed by atoms with Crippen LogP contribution in [0.15, 0.2) is 18.2 Å². The summed E-state index contributed by atoms with van der Waals surface area (Å²) in [6.07, 6.45) is 0.888. The van der Waals surface area contributed by atoms with Crippen molar-refractivity contribution in [1.82, 2.24) is 0 Å². The third-order valence-electron chi connectivity index (χ3n) is 2.56. The molecule has 2 nitrogen and oxygen atoms in total. The van der Waals surface area contributed by atoms with Gasteiger partial charge in [0.15, 0.2) is 0 Å². The number of hydrogen-bond acceptors (Lipinski definition) is 2. The average Bonchev–Trinajstić information content (AvgIpc) is 2.03. The summed E-state index contributed by atoms with van der Waals surface area (Å²) in [5, 5.41) is 9.24. The zero-order valence-electron chi connectivity index (χ0n) is 8.46. The first-order valence-electron chi connectivity index (χ1n) is 4.56. The Kier molecular flexibility index (Phi) is 2.62. The van der Waals surface area contributed by atoms with E-state index >= 15 is 0 Å². The minimum Gasteiger partial charge on any atom is -0.508 e. The van der Waals surface area contributed by atoms with E-state index in [9.17, 15) is 5.11 Å². The summed E-state index contributed by atoms with van der Waals surface area (Å²) in [6.45, 7) is 6.04. The lowest BCUT2D eigenvalue weighted by Gasteiger charge is -2.25. The van der Waals surface area contributed by atoms with Crippen LogP contribution >= 0.6 is 0 Å². The van der Waals surface area contributed by atoms with Crippen molar-refractivity contribution in [2.24, 2.45) is 5.73 Å². The first-order valence-corrected chi connectivity index (χ1v) is 4.56. The Bertz CT molecular complexity index is 305. The molecule has 0 saturated carbocycles. The van der Waals surface area contributed by atoms with Gasteiger partial charge in [0.2, 0.25) is 0 Å². The predicted octanol–water partition coefficient (Wildman–Crippen LogP) is 2.28. The van der Waals surface area contributed by atoms with Crippen LogP contribution in [0, 0.1) is 6.92 Å². The third-order valence-corrected chi connectivity index (χ3v) is 2.56. The normalized spacial score (nSPS) is 15.4. The molecule has 1 atom stereocenters. The van der Waals surface area contributed by atoms with E-state index in [0.717, 1.165) is 17.5 Å². The molecule has 0 aliphatic rings. The van der Waals surface area contributed by atoms with Gasteiger partial charge in [-0.15, -0.1) is 0 Å². The van der Waals surface area contributed by atoms with Crippen LogP contribution in [-0.4, -0.2) is 5.11 Å². The van der Waals surface area contributed by atoms with Crippen LogP contribution < -0.4 is 5.73 Å². The molecule has 0 amide bonds. The second-order valence-corrected chi connectivity index (χ2v) is 3.77. The molecule has 0 radical (unpaired) electrons. The van der Waals surface area contributed by atoms with Gasteiger partial charge in [-0.3, -0.25) is 0 Å². The highest BCUT2D eigenvalue weighted by Crippen LogP contribution is 2.26. The Labute approximate surface area is 79.4 Å². The summed E-state index contributed by atoms with van der Waals surface area (Å²) in [4.78, 5) is 0. The Morgan fingerprint density at radius 2 is 2.08 bits per heavy atom. The number of nitrogens with two attached hydrogens (primary N) is 1. The second-order valence-electron chi connectivity index (χ2n) is 3.77. The molecule has 1 aromatic rings. The minimum atomic E-state index is -0.294. The van der Waals surface area contributed by atoms with Crippen LogP contribution in [-0.2, 0) is 5.54 Å². The maximum atomic E-state index is 9.24. The van der Waals surface area contributed by atoms with Gasteiger partial charge in [0.1, 0.15) is 5.75 Å². The predicted molar refractivity (Wildman–Crippen MR) is 54.7 cm³/mol. The molecule has 0 bridgehead atoms. The highest BCUT2D eigenvalue weighted by atomic mass is 16.3. The first-order chi connectivity index (χ1) is 5.97. The lowest BCUT2D eigenvalue weighted by atomic mass is 9.87. The molecule has 72 valence electrons. The maximum absolute atomic E-state index is 9.24. The Balaban J connectivity index is 3.16. The van der Waals surface area contributed by atoms with Crippen LogP contribution in [0.2, 0.25) is 0 Å². The molecule has 0 aliphatic carbocycles. The molecule has 0 saturated heterocycles. The van der Waals surface area contributed by atoms with Crippen LogP contribution in [0.4, 0.5) is 0 Å². The third kappa shape index (κ3) is 2.01. The summed E-state index contributed by atoms with van der Waals surface area (Å²) in [7, 11) is 0. The molecule has 0 fully saturated rings. The fourth-order valence-electron chi connectivity index (χ4n) is 1.48. The van der Waals surface area contributed by atoms with Crippen LogP contribution in [0.3, 0.4) is 0 Å². The van der Waals surface area contributed by atoms with Crippen molar-refractivity contribution in [1.29, 1.82) is 0 Å². The summed E-state index contributed by atoms with van der Waals surface area (Å²) in [5.74, 6) is 0.299. The number of aryl methyl sites for hydroxylation is 1. The van der Waals surface area contributed by atoms with E-state index < -0.39 is 0 Å². The van der Waals surface area contributed by atoms with E-state index in [4.69, 9.17) is 5.73 Å². The Hall–Kier alpha value is -1.02. The molecule has 1 rings (SSSR count). The lowest BCUT2D eigenvalue weighted by molar-refractivity contribution is 0.462. The molecule has 0 heterocycles. The minimum absolute atomic E-state index is 0.294. The number of hydrogen-bond donors (Lipinski definition) is 2. The number of phenolic OH excluding ortho intramolecular Hbond substituents is 1. The average molecular weight is 179 g/mol. The fourth-order valence-corrected chi connectivity index (χ4v) is 1.48. The molecule has 1 aromatic carbocycles. The Morgan fingerprint density at radius 1 is 1.46 bits per heavy atom. The van der Waals surface area contributed by atoms with Gasteiger partial charge in [-0.2, -0.15) is 0 Å². The van der Waals surface area contributed by atoms with Crippen molar-refractivity contribution in [3.63, 3.8) is 0 Å². The van der Waals surface area contributed by atoms with Gasteiger partial charge in [-0.1, -0.05) is 13.0 Å². The van der Waals surface area contributed by atoms with Gasteiger partial charge >= 0.3 is 0 Å². The van der Waals surface area contributed by atoms with Gasteiger partial charge < -0.3 is 10.8 Å². The second kappa shape index (κ2) is 3.38. The van der Waals surface area contributed by atoms with E-state index in [0.29, 0.717) is 5.75 Å². The highest BCUT2D eigenvalue weighted by molar-refractivity contribution is 5.37. The molecular formula is C11H17NO. The molecule has 0 spiro atoms. The van der Waals surface area contributed by atoms with Crippen molar-refractivity contribution in [3.8, 4) is 5.75 Å². The molecular weight excluding hydrogens is 162 g/mol. The van der Waals surface area contributed by atoms with Crippen molar-refractivity contribution in [3.05, 3.63) is 29.3 Å². The summed E-state index contributed by atoms with van der Waals surface area (Å²) < 4.78 is 0. The number of aromatic hydroxyl groups is 1. The highest BCUT2D eigenvalue weighted by Gasteiger charge is 2.20. The quantitative estimate of drug-likeness (QED) is 0.731. The number of benzene rings is 1. The van der Waals surface area contributed by atoms with E-state index in [-0.39, 0.29) is 5.54 Å². The van der Waals surface area contributed by atoms with Crippen molar-refractivity contribution >= 4 is 0 Å². The van der Waals surface area contributed by atoms with Crippen LogP contribution in [0.25, 0.3) is 0 Å². The molecule has 0 unspecified atom stereocenters. The van der Waals surface area contributed by atoms with Gasteiger partial charge in [0.25, 0.3) is 0 Å². The summed E-state index contributed by atoms with van der Waals surface area (Å²) in [6, 6.07) is 5.33. The van der Waals surface area contributed by atoms with Gasteiger partial charge in [-0.25, -0.2) is 0 Å². The van der Waals surface area contributed by atoms with E-state index in [2.05, 4.69) is 6.92 Å². The van der Waals surface area contributed by atoms with Gasteiger partial charge in [0, 0.05) is 5.54 Å². The van der Waals surface area contributed by atoms with Crippen molar-refractivity contribution < 1.29 is 5.11 Å². The maximum Gasteiger partial charge on any atom is 0.115 e. The van der Waals surface area contributed by atoms with Crippen LogP contribution in [0.5, 0.6) is 5.75 Å². The molecule has 13 heavy (non-hydrogen) atoms. The molecule has 3 N–H and O–H groups in total. The zero-order chi connectivity index (χ0) is 10.1. The smallest absolute Gasteiger partial charge is 0.115 e. The lowest BCUT2D eigenvalue weighted by Crippen LogP contribution is -2.32. The fraction of sp³-hybridized carbons (Fsp3) is 0.455. The number of rotatable bonds is 2. The zero-order valence-corrected chi connectivity index (χ0v) is 8.46. The van der Waals surface area contributed by atoms with Crippen molar-refractivity contribution in [2.75, 3.05) is 0 Å². The van der Waals surface area contributed by atoms with Gasteiger partial charge in [-0.05, 0) is 43.5 Å². The monoisotopic (exact) mass is 179 g/mol. The molecule has 2 heteroatoms. The van der Waals surface area contributed by atoms with Gasteiger partial charge in [0.05, 0.1) is 0 Å². The first kappa shape index (κ1) is 10.1. The number of phenols is 1.